The van der Waals surface area contributed by atoms with Crippen molar-refractivity contribution in [3.8, 4) is 11.3 Å². The standard InChI is InChI=1S/C25H21BrF2N4O3S/c26-19-8-1-14(11-20(19)28)9-10-36(34,35)31-21-13-32-22(12-18(21)15-2-3-15)23(25(29)33)24(30-32)16-4-6-17(27)7-5-16/h1,4-8,11-13,15,31H,2-3,9-10H2,(H2,29,33). The number of carbonyl (C=O) groups is 1. The largest absolute Gasteiger partial charge is 0.365 e. The topological polar surface area (TPSA) is 107 Å². The fraction of sp³-hybridized carbons (Fsp3) is 0.200. The van der Waals surface area contributed by atoms with Crippen molar-refractivity contribution in [2.24, 2.45) is 5.73 Å². The van der Waals surface area contributed by atoms with Crippen LogP contribution in [0, 0.1) is 11.6 Å². The van der Waals surface area contributed by atoms with Crippen molar-refractivity contribution in [3.05, 3.63) is 87.5 Å². The van der Waals surface area contributed by atoms with E-state index in [4.69, 9.17) is 5.73 Å². The van der Waals surface area contributed by atoms with Crippen LogP contribution in [0.2, 0.25) is 0 Å². The number of nitrogens with two attached hydrogens (primary N) is 1. The van der Waals surface area contributed by atoms with E-state index in [0.717, 1.165) is 18.4 Å². The molecule has 2 aromatic carbocycles. The summed E-state index contributed by atoms with van der Waals surface area (Å²) in [6.07, 6.45) is 3.42. The number of fused-ring (bicyclic) bond motifs is 1. The van der Waals surface area contributed by atoms with E-state index in [2.05, 4.69) is 25.8 Å². The van der Waals surface area contributed by atoms with Gasteiger partial charge in [-0.25, -0.2) is 21.7 Å². The maximum absolute atomic E-state index is 13.8. The minimum Gasteiger partial charge on any atom is -0.365 e. The number of nitrogens with one attached hydrogen (secondary N) is 1. The van der Waals surface area contributed by atoms with Gasteiger partial charge in [-0.05, 0) is 94.7 Å². The Labute approximate surface area is 214 Å². The van der Waals surface area contributed by atoms with Crippen molar-refractivity contribution in [2.75, 3.05) is 10.5 Å². The van der Waals surface area contributed by atoms with E-state index in [1.807, 2.05) is 0 Å². The van der Waals surface area contributed by atoms with Gasteiger partial charge in [0.25, 0.3) is 5.91 Å². The Balaban J connectivity index is 1.50. The van der Waals surface area contributed by atoms with Gasteiger partial charge in [-0.2, -0.15) is 5.10 Å². The number of anilines is 1. The number of aromatic nitrogens is 2. The van der Waals surface area contributed by atoms with Gasteiger partial charge in [0.1, 0.15) is 17.3 Å². The summed E-state index contributed by atoms with van der Waals surface area (Å²) in [4.78, 5) is 12.4. The van der Waals surface area contributed by atoms with Gasteiger partial charge in [-0.15, -0.1) is 0 Å². The number of rotatable bonds is 8. The van der Waals surface area contributed by atoms with Crippen molar-refractivity contribution in [1.29, 1.82) is 0 Å². The van der Waals surface area contributed by atoms with Crippen LogP contribution in [0.25, 0.3) is 16.8 Å². The number of halogens is 3. The van der Waals surface area contributed by atoms with Gasteiger partial charge in [0, 0.05) is 5.56 Å². The number of aryl methyl sites for hydroxylation is 1. The van der Waals surface area contributed by atoms with Gasteiger partial charge in [0.15, 0.2) is 0 Å². The minimum absolute atomic E-state index is 0.128. The Morgan fingerprint density at radius 1 is 1.14 bits per heavy atom. The molecule has 4 aromatic rings. The molecule has 2 aromatic heterocycles. The molecule has 1 saturated carbocycles. The van der Waals surface area contributed by atoms with E-state index in [1.165, 1.54) is 47.1 Å². The molecular weight excluding hydrogens is 554 g/mol. The molecule has 0 spiro atoms. The van der Waals surface area contributed by atoms with Crippen molar-refractivity contribution in [2.45, 2.75) is 25.2 Å². The Bertz CT molecular complexity index is 1600. The first-order valence-corrected chi connectivity index (χ1v) is 13.6. The van der Waals surface area contributed by atoms with Crippen LogP contribution in [0.4, 0.5) is 14.5 Å². The maximum atomic E-state index is 13.8. The molecule has 1 aliphatic carbocycles. The summed E-state index contributed by atoms with van der Waals surface area (Å²) in [6, 6.07) is 11.8. The van der Waals surface area contributed by atoms with E-state index < -0.39 is 27.6 Å². The van der Waals surface area contributed by atoms with Gasteiger partial charge in [0.05, 0.1) is 33.2 Å². The summed E-state index contributed by atoms with van der Waals surface area (Å²) in [6.45, 7) is 0. The summed E-state index contributed by atoms with van der Waals surface area (Å²) >= 11 is 3.09. The molecule has 7 nitrogen and oxygen atoms in total. The number of hydrogen-bond donors (Lipinski definition) is 2. The monoisotopic (exact) mass is 574 g/mol. The van der Waals surface area contributed by atoms with Gasteiger partial charge < -0.3 is 5.73 Å². The van der Waals surface area contributed by atoms with Crippen molar-refractivity contribution < 1.29 is 22.0 Å². The van der Waals surface area contributed by atoms with Crippen LogP contribution in [0.5, 0.6) is 0 Å². The van der Waals surface area contributed by atoms with Crippen LogP contribution in [-0.4, -0.2) is 29.7 Å². The van der Waals surface area contributed by atoms with Crippen LogP contribution in [0.3, 0.4) is 0 Å². The summed E-state index contributed by atoms with van der Waals surface area (Å²) in [7, 11) is -3.79. The third-order valence-electron chi connectivity index (χ3n) is 6.09. The molecule has 11 heteroatoms. The summed E-state index contributed by atoms with van der Waals surface area (Å²) in [5.41, 5.74) is 8.74. The third-order valence-corrected chi connectivity index (χ3v) is 8.01. The quantitative estimate of drug-likeness (QED) is 0.308. The predicted octanol–water partition coefficient (Wildman–Crippen LogP) is 5.00. The van der Waals surface area contributed by atoms with E-state index in [-0.39, 0.29) is 29.3 Å². The Morgan fingerprint density at radius 3 is 2.50 bits per heavy atom. The number of benzene rings is 2. The molecule has 0 atom stereocenters. The normalized spacial score (nSPS) is 13.8. The van der Waals surface area contributed by atoms with E-state index in [1.54, 1.807) is 12.1 Å². The lowest BCUT2D eigenvalue weighted by atomic mass is 10.0. The highest BCUT2D eigenvalue weighted by atomic mass is 79.9. The first-order valence-electron chi connectivity index (χ1n) is 11.2. The lowest BCUT2D eigenvalue weighted by Crippen LogP contribution is -2.19. The second-order valence-electron chi connectivity index (χ2n) is 8.76. The average Bonchev–Trinajstić information content (AvgIpc) is 3.60. The number of nitrogens with zero attached hydrogens (tertiary/aromatic N) is 2. The summed E-state index contributed by atoms with van der Waals surface area (Å²) < 4.78 is 57.5. The molecule has 186 valence electrons. The molecule has 5 rings (SSSR count). The lowest BCUT2D eigenvalue weighted by Gasteiger charge is -2.13. The molecule has 36 heavy (non-hydrogen) atoms. The van der Waals surface area contributed by atoms with Crippen LogP contribution in [0.1, 0.15) is 40.2 Å². The van der Waals surface area contributed by atoms with Crippen LogP contribution < -0.4 is 10.5 Å². The molecule has 0 radical (unpaired) electrons. The minimum atomic E-state index is -3.79. The predicted molar refractivity (Wildman–Crippen MR) is 136 cm³/mol. The number of sulfonamides is 1. The number of primary amides is 1. The zero-order valence-electron chi connectivity index (χ0n) is 18.8. The van der Waals surface area contributed by atoms with Gasteiger partial charge >= 0.3 is 0 Å². The molecule has 0 aliphatic heterocycles. The van der Waals surface area contributed by atoms with Crippen LogP contribution in [0.15, 0.2) is 59.2 Å². The molecule has 0 unspecified atom stereocenters. The fourth-order valence-corrected chi connectivity index (χ4v) is 5.50. The molecule has 1 fully saturated rings. The van der Waals surface area contributed by atoms with Gasteiger partial charge in [-0.1, -0.05) is 6.07 Å². The Kier molecular flexibility index (Phi) is 6.29. The maximum Gasteiger partial charge on any atom is 0.253 e. The SMILES string of the molecule is NC(=O)c1c(-c2ccc(F)cc2)nn2cc(NS(=O)(=O)CCc3ccc(Br)c(F)c3)c(C3CC3)cc12. The fourth-order valence-electron chi connectivity index (χ4n) is 4.14. The highest BCUT2D eigenvalue weighted by molar-refractivity contribution is 9.10. The molecule has 0 bridgehead atoms. The highest BCUT2D eigenvalue weighted by Crippen LogP contribution is 2.44. The Hall–Kier alpha value is -3.31. The average molecular weight is 575 g/mol. The first-order chi connectivity index (χ1) is 17.1. The van der Waals surface area contributed by atoms with Crippen LogP contribution >= 0.6 is 15.9 Å². The highest BCUT2D eigenvalue weighted by Gasteiger charge is 2.30. The molecular formula is C25H21BrF2N4O3S. The van der Waals surface area contributed by atoms with Crippen molar-refractivity contribution in [3.63, 3.8) is 0 Å². The molecule has 1 amide bonds. The number of carbonyl (C=O) groups excluding carboxylic acids is 1. The molecule has 2 heterocycles. The third kappa shape index (κ3) is 4.98. The van der Waals surface area contributed by atoms with E-state index in [9.17, 15) is 22.0 Å². The zero-order chi connectivity index (χ0) is 25.6. The van der Waals surface area contributed by atoms with Crippen molar-refractivity contribution >= 4 is 43.1 Å². The second kappa shape index (κ2) is 9.29. The second-order valence-corrected chi connectivity index (χ2v) is 11.5. The molecule has 3 N–H and O–H groups in total. The number of hydrogen-bond acceptors (Lipinski definition) is 4. The van der Waals surface area contributed by atoms with Gasteiger partial charge in [-0.3, -0.25) is 9.52 Å². The van der Waals surface area contributed by atoms with E-state index >= 15 is 0 Å². The summed E-state index contributed by atoms with van der Waals surface area (Å²) in [5.74, 6) is -1.69. The van der Waals surface area contributed by atoms with Crippen molar-refractivity contribution in [1.82, 2.24) is 9.61 Å². The molecule has 1 aliphatic rings. The molecule has 0 saturated heterocycles. The van der Waals surface area contributed by atoms with Crippen LogP contribution in [-0.2, 0) is 16.4 Å². The Morgan fingerprint density at radius 2 is 1.86 bits per heavy atom. The number of pyridine rings is 1. The smallest absolute Gasteiger partial charge is 0.253 e. The van der Waals surface area contributed by atoms with Gasteiger partial charge in [0.2, 0.25) is 10.0 Å². The first kappa shape index (κ1) is 24.4. The van der Waals surface area contributed by atoms with E-state index in [0.29, 0.717) is 26.8 Å². The lowest BCUT2D eigenvalue weighted by molar-refractivity contribution is 0.100. The zero-order valence-corrected chi connectivity index (χ0v) is 21.2. The number of amides is 1. The summed E-state index contributed by atoms with van der Waals surface area (Å²) in [5, 5.41) is 4.47.